The van der Waals surface area contributed by atoms with Crippen LogP contribution in [0, 0.1) is 11.8 Å². The first-order chi connectivity index (χ1) is 6.53. The van der Waals surface area contributed by atoms with Crippen molar-refractivity contribution in [1.29, 1.82) is 0 Å². The lowest BCUT2D eigenvalue weighted by atomic mass is 10.1. The third-order valence-corrected chi connectivity index (χ3v) is 1.59. The van der Waals surface area contributed by atoms with Crippen LogP contribution in [-0.2, 0) is 0 Å². The van der Waals surface area contributed by atoms with Crippen LogP contribution in [0.25, 0.3) is 0 Å². The van der Waals surface area contributed by atoms with Crippen molar-refractivity contribution in [2.24, 2.45) is 0 Å². The zero-order valence-electron chi connectivity index (χ0n) is 8.24. The normalized spacial score (nSPS) is 10.2. The first-order valence-electron chi connectivity index (χ1n) is 4.33. The second kappa shape index (κ2) is 4.08. The zero-order chi connectivity index (χ0) is 10.6. The summed E-state index contributed by atoms with van der Waals surface area (Å²) in [5, 5.41) is 9.38. The first-order valence-corrected chi connectivity index (χ1v) is 4.33. The molecule has 72 valence electrons. The van der Waals surface area contributed by atoms with E-state index >= 15 is 0 Å². The molecule has 0 aliphatic rings. The Bertz CT molecular complexity index is 389. The molecule has 0 bridgehead atoms. The monoisotopic (exact) mass is 188 g/mol. The van der Waals surface area contributed by atoms with E-state index in [0.29, 0.717) is 11.1 Å². The van der Waals surface area contributed by atoms with Crippen molar-refractivity contribution in [2.45, 2.75) is 19.4 Å². The van der Waals surface area contributed by atoms with E-state index in [9.17, 15) is 9.90 Å². The summed E-state index contributed by atoms with van der Waals surface area (Å²) in [7, 11) is 0. The summed E-state index contributed by atoms with van der Waals surface area (Å²) in [6.45, 7) is 3.20. The third-order valence-electron chi connectivity index (χ3n) is 1.59. The summed E-state index contributed by atoms with van der Waals surface area (Å²) in [4.78, 5) is 10.6. The first kappa shape index (κ1) is 10.5. The molecule has 0 unspecified atom stereocenters. The Morgan fingerprint density at radius 2 is 2.00 bits per heavy atom. The topological polar surface area (TPSA) is 37.3 Å². The van der Waals surface area contributed by atoms with Crippen LogP contribution in [0.15, 0.2) is 24.3 Å². The summed E-state index contributed by atoms with van der Waals surface area (Å²) in [6.07, 6.45) is 0.758. The maximum atomic E-state index is 10.6. The molecule has 0 heterocycles. The minimum atomic E-state index is -1.03. The lowest BCUT2D eigenvalue weighted by Gasteiger charge is -2.06. The summed E-state index contributed by atoms with van der Waals surface area (Å²) in [6, 6.07) is 7.03. The molecule has 0 amide bonds. The average molecular weight is 188 g/mol. The predicted molar refractivity (Wildman–Crippen MR) is 55.0 cm³/mol. The van der Waals surface area contributed by atoms with Gasteiger partial charge in [0.05, 0.1) is 0 Å². The molecule has 2 nitrogen and oxygen atoms in total. The minimum Gasteiger partial charge on any atom is -0.378 e. The van der Waals surface area contributed by atoms with Gasteiger partial charge in [-0.25, -0.2) is 0 Å². The fraction of sp³-hybridized carbons (Fsp3) is 0.250. The van der Waals surface area contributed by atoms with Crippen molar-refractivity contribution >= 4 is 6.29 Å². The predicted octanol–water partition coefficient (Wildman–Crippen LogP) is 1.62. The smallest absolute Gasteiger partial charge is 0.151 e. The van der Waals surface area contributed by atoms with Crippen molar-refractivity contribution in [3.63, 3.8) is 0 Å². The molecule has 0 aliphatic heterocycles. The summed E-state index contributed by atoms with van der Waals surface area (Å²) in [5.41, 5.74) is 0.157. The van der Waals surface area contributed by atoms with Gasteiger partial charge in [-0.1, -0.05) is 30.0 Å². The highest BCUT2D eigenvalue weighted by atomic mass is 16.3. The van der Waals surface area contributed by atoms with Crippen molar-refractivity contribution in [3.05, 3.63) is 35.4 Å². The molecule has 1 rings (SSSR count). The van der Waals surface area contributed by atoms with E-state index in [4.69, 9.17) is 0 Å². The Balaban J connectivity index is 3.06. The number of hydrogen-bond donors (Lipinski definition) is 1. The lowest BCUT2D eigenvalue weighted by molar-refractivity contribution is 0.112. The van der Waals surface area contributed by atoms with E-state index < -0.39 is 5.60 Å². The second-order valence-electron chi connectivity index (χ2n) is 3.51. The van der Waals surface area contributed by atoms with Crippen LogP contribution in [0.2, 0.25) is 0 Å². The van der Waals surface area contributed by atoms with Gasteiger partial charge in [-0.2, -0.15) is 0 Å². The highest BCUT2D eigenvalue weighted by molar-refractivity contribution is 5.79. The van der Waals surface area contributed by atoms with Gasteiger partial charge in [-0.3, -0.25) is 4.79 Å². The molecule has 1 aromatic rings. The zero-order valence-corrected chi connectivity index (χ0v) is 8.24. The van der Waals surface area contributed by atoms with Gasteiger partial charge < -0.3 is 5.11 Å². The Morgan fingerprint density at radius 1 is 1.36 bits per heavy atom. The molecular weight excluding hydrogens is 176 g/mol. The highest BCUT2D eigenvalue weighted by Crippen LogP contribution is 2.05. The molecule has 0 saturated carbocycles. The average Bonchev–Trinajstić information content (AvgIpc) is 2.14. The van der Waals surface area contributed by atoms with Crippen LogP contribution in [0.3, 0.4) is 0 Å². The number of aliphatic hydroxyl groups is 1. The van der Waals surface area contributed by atoms with Crippen LogP contribution in [0.1, 0.15) is 29.8 Å². The Hall–Kier alpha value is -1.59. The van der Waals surface area contributed by atoms with Crippen molar-refractivity contribution < 1.29 is 9.90 Å². The second-order valence-corrected chi connectivity index (χ2v) is 3.51. The largest absolute Gasteiger partial charge is 0.378 e. The molecule has 14 heavy (non-hydrogen) atoms. The van der Waals surface area contributed by atoms with Gasteiger partial charge in [-0.05, 0) is 19.9 Å². The van der Waals surface area contributed by atoms with Crippen molar-refractivity contribution in [2.75, 3.05) is 0 Å². The van der Waals surface area contributed by atoms with Gasteiger partial charge in [0.15, 0.2) is 6.29 Å². The molecule has 0 atom stereocenters. The number of hydrogen-bond acceptors (Lipinski definition) is 2. The molecular formula is C12H12O2. The Kier molecular flexibility index (Phi) is 3.06. The van der Waals surface area contributed by atoms with Gasteiger partial charge >= 0.3 is 0 Å². The molecule has 0 saturated heterocycles. The van der Waals surface area contributed by atoms with Crippen LogP contribution >= 0.6 is 0 Å². The molecule has 2 heteroatoms. The molecule has 1 aromatic carbocycles. The standard InChI is InChI=1S/C12H12O2/c1-12(2,14)8-7-10-5-3-4-6-11(10)9-13/h3-6,9,14H,1-2H3. The van der Waals surface area contributed by atoms with Crippen molar-refractivity contribution in [1.82, 2.24) is 0 Å². The summed E-state index contributed by atoms with van der Waals surface area (Å²) in [5.74, 6) is 5.43. The summed E-state index contributed by atoms with van der Waals surface area (Å²) >= 11 is 0. The van der Waals surface area contributed by atoms with Gasteiger partial charge in [0, 0.05) is 11.1 Å². The van der Waals surface area contributed by atoms with Gasteiger partial charge in [0.1, 0.15) is 5.60 Å². The molecule has 0 aliphatic carbocycles. The Morgan fingerprint density at radius 3 is 2.57 bits per heavy atom. The minimum absolute atomic E-state index is 0.546. The fourth-order valence-electron chi connectivity index (χ4n) is 0.934. The Labute approximate surface area is 83.6 Å². The van der Waals surface area contributed by atoms with Crippen LogP contribution < -0.4 is 0 Å². The third kappa shape index (κ3) is 3.04. The van der Waals surface area contributed by atoms with E-state index in [1.807, 2.05) is 0 Å². The summed E-state index contributed by atoms with van der Waals surface area (Å²) < 4.78 is 0. The van der Waals surface area contributed by atoms with Crippen molar-refractivity contribution in [3.8, 4) is 11.8 Å². The van der Waals surface area contributed by atoms with Crippen LogP contribution in [0.5, 0.6) is 0 Å². The fourth-order valence-corrected chi connectivity index (χ4v) is 0.934. The van der Waals surface area contributed by atoms with Gasteiger partial charge in [-0.15, -0.1) is 0 Å². The van der Waals surface area contributed by atoms with E-state index in [1.54, 1.807) is 38.1 Å². The highest BCUT2D eigenvalue weighted by Gasteiger charge is 2.06. The lowest BCUT2D eigenvalue weighted by Crippen LogP contribution is -2.14. The van der Waals surface area contributed by atoms with E-state index in [-0.39, 0.29) is 0 Å². The number of carbonyl (C=O) groups excluding carboxylic acids is 1. The van der Waals surface area contributed by atoms with Gasteiger partial charge in [0.25, 0.3) is 0 Å². The number of carbonyl (C=O) groups is 1. The molecule has 0 radical (unpaired) electrons. The van der Waals surface area contributed by atoms with E-state index in [0.717, 1.165) is 6.29 Å². The van der Waals surface area contributed by atoms with E-state index in [2.05, 4.69) is 11.8 Å². The van der Waals surface area contributed by atoms with Gasteiger partial charge in [0.2, 0.25) is 0 Å². The SMILES string of the molecule is CC(C)(O)C#Cc1ccccc1C=O. The maximum absolute atomic E-state index is 10.6. The molecule has 0 spiro atoms. The van der Waals surface area contributed by atoms with Crippen LogP contribution in [0.4, 0.5) is 0 Å². The van der Waals surface area contributed by atoms with E-state index in [1.165, 1.54) is 0 Å². The van der Waals surface area contributed by atoms with Crippen LogP contribution in [-0.4, -0.2) is 17.0 Å². The number of aldehydes is 1. The molecule has 1 N–H and O–H groups in total. The molecule has 0 aromatic heterocycles. The molecule has 0 fully saturated rings. The quantitative estimate of drug-likeness (QED) is 0.537. The number of benzene rings is 1. The maximum Gasteiger partial charge on any atom is 0.151 e. The number of rotatable bonds is 1.